The highest BCUT2D eigenvalue weighted by Crippen LogP contribution is 2.23. The van der Waals surface area contributed by atoms with E-state index < -0.39 is 0 Å². The van der Waals surface area contributed by atoms with Gasteiger partial charge < -0.3 is 5.32 Å². The minimum Gasteiger partial charge on any atom is -0.320 e. The summed E-state index contributed by atoms with van der Waals surface area (Å²) < 4.78 is 0. The first-order valence-corrected chi connectivity index (χ1v) is 8.20. The Kier molecular flexibility index (Phi) is 5.42. The molecule has 4 nitrogen and oxygen atoms in total. The summed E-state index contributed by atoms with van der Waals surface area (Å²) in [6.07, 6.45) is 1.47. The van der Waals surface area contributed by atoms with Gasteiger partial charge in [0.1, 0.15) is 0 Å². The number of aryl methyl sites for hydroxylation is 2. The molecule has 2 rings (SSSR count). The summed E-state index contributed by atoms with van der Waals surface area (Å²) in [4.78, 5) is 20.8. The van der Waals surface area contributed by atoms with Crippen molar-refractivity contribution in [2.24, 2.45) is 0 Å². The third kappa shape index (κ3) is 4.21. The van der Waals surface area contributed by atoms with E-state index in [-0.39, 0.29) is 16.6 Å². The molecule has 1 aromatic heterocycles. The number of halogens is 1. The van der Waals surface area contributed by atoms with Gasteiger partial charge in [0.2, 0.25) is 0 Å². The van der Waals surface area contributed by atoms with Crippen molar-refractivity contribution in [3.8, 4) is 0 Å². The molecule has 0 aliphatic rings. The van der Waals surface area contributed by atoms with E-state index in [0.29, 0.717) is 10.4 Å². The highest BCUT2D eigenvalue weighted by molar-refractivity contribution is 7.99. The minimum absolute atomic E-state index is 0.195. The van der Waals surface area contributed by atoms with Gasteiger partial charge in [-0.3, -0.25) is 4.79 Å². The van der Waals surface area contributed by atoms with Gasteiger partial charge in [0.05, 0.1) is 11.2 Å². The molecule has 0 aliphatic heterocycles. The predicted molar refractivity (Wildman–Crippen MR) is 91.9 cm³/mol. The van der Waals surface area contributed by atoms with Gasteiger partial charge in [-0.05, 0) is 31.0 Å². The second-order valence-electron chi connectivity index (χ2n) is 5.29. The minimum atomic E-state index is -0.327. The summed E-state index contributed by atoms with van der Waals surface area (Å²) in [6.45, 7) is 8.00. The van der Waals surface area contributed by atoms with Gasteiger partial charge in [-0.25, -0.2) is 9.97 Å². The fraction of sp³-hybridized carbons (Fsp3) is 0.312. The molecule has 0 bridgehead atoms. The second-order valence-corrected chi connectivity index (χ2v) is 7.24. The molecular weight excluding hydrogens is 318 g/mol. The molecule has 116 valence electrons. The Bertz CT molecular complexity index is 704. The quantitative estimate of drug-likeness (QED) is 0.660. The number of rotatable bonds is 4. The monoisotopic (exact) mass is 335 g/mol. The average Bonchev–Trinajstić information content (AvgIpc) is 2.44. The molecule has 1 N–H and O–H groups in total. The smallest absolute Gasteiger partial charge is 0.275 e. The van der Waals surface area contributed by atoms with Crippen LogP contribution in [0.3, 0.4) is 0 Å². The maximum absolute atomic E-state index is 12.4. The Morgan fingerprint density at radius 2 is 2.05 bits per heavy atom. The summed E-state index contributed by atoms with van der Waals surface area (Å²) >= 11 is 7.56. The van der Waals surface area contributed by atoms with Crippen LogP contribution in [0.25, 0.3) is 0 Å². The van der Waals surface area contributed by atoms with Crippen molar-refractivity contribution in [2.75, 3.05) is 5.32 Å². The molecule has 1 heterocycles. The number of aromatic nitrogens is 2. The first kappa shape index (κ1) is 16.8. The molecule has 1 amide bonds. The normalized spacial score (nSPS) is 10.8. The van der Waals surface area contributed by atoms with E-state index in [1.165, 1.54) is 18.0 Å². The van der Waals surface area contributed by atoms with Gasteiger partial charge in [0, 0.05) is 10.9 Å². The largest absolute Gasteiger partial charge is 0.320 e. The summed E-state index contributed by atoms with van der Waals surface area (Å²) in [7, 11) is 0. The maximum Gasteiger partial charge on any atom is 0.275 e. The molecule has 1 aromatic carbocycles. The molecule has 0 atom stereocenters. The van der Waals surface area contributed by atoms with Crippen molar-refractivity contribution >= 4 is 35.0 Å². The first-order chi connectivity index (χ1) is 10.4. The van der Waals surface area contributed by atoms with Gasteiger partial charge in [-0.15, -0.1) is 0 Å². The number of benzene rings is 1. The van der Waals surface area contributed by atoms with Crippen LogP contribution in [0.2, 0.25) is 5.02 Å². The van der Waals surface area contributed by atoms with Gasteiger partial charge >= 0.3 is 0 Å². The van der Waals surface area contributed by atoms with Crippen LogP contribution in [0.15, 0.2) is 29.6 Å². The van der Waals surface area contributed by atoms with Gasteiger partial charge in [-0.1, -0.05) is 49.3 Å². The Labute approximate surface area is 139 Å². The Hall–Kier alpha value is -1.59. The SMILES string of the molecule is Cc1ccc(C)c(NC(=O)c2nc(SC(C)C)ncc2Cl)c1. The van der Waals surface area contributed by atoms with Crippen LogP contribution in [0.4, 0.5) is 5.69 Å². The summed E-state index contributed by atoms with van der Waals surface area (Å²) in [5.74, 6) is -0.327. The summed E-state index contributed by atoms with van der Waals surface area (Å²) in [5.41, 5.74) is 3.02. The third-order valence-electron chi connectivity index (χ3n) is 2.92. The van der Waals surface area contributed by atoms with Crippen molar-refractivity contribution in [1.82, 2.24) is 9.97 Å². The van der Waals surface area contributed by atoms with Crippen LogP contribution in [0.1, 0.15) is 35.5 Å². The second kappa shape index (κ2) is 7.11. The molecule has 6 heteroatoms. The number of carbonyl (C=O) groups excluding carboxylic acids is 1. The van der Waals surface area contributed by atoms with E-state index in [0.717, 1.165) is 16.8 Å². The molecule has 0 unspecified atom stereocenters. The van der Waals surface area contributed by atoms with Crippen LogP contribution in [-0.2, 0) is 0 Å². The van der Waals surface area contributed by atoms with Crippen molar-refractivity contribution in [3.63, 3.8) is 0 Å². The standard InChI is InChI=1S/C16H18ClN3OS/c1-9(2)22-16-18-8-12(17)14(20-16)15(21)19-13-7-10(3)5-6-11(13)4/h5-9H,1-4H3,(H,19,21). The lowest BCUT2D eigenvalue weighted by atomic mass is 10.1. The Morgan fingerprint density at radius 3 is 2.73 bits per heavy atom. The van der Waals surface area contributed by atoms with Crippen LogP contribution >= 0.6 is 23.4 Å². The van der Waals surface area contributed by atoms with Crippen LogP contribution in [0, 0.1) is 13.8 Å². The van der Waals surface area contributed by atoms with E-state index in [1.807, 2.05) is 45.9 Å². The molecule has 0 saturated carbocycles. The van der Waals surface area contributed by atoms with Crippen LogP contribution < -0.4 is 5.32 Å². The number of hydrogen-bond donors (Lipinski definition) is 1. The first-order valence-electron chi connectivity index (χ1n) is 6.94. The van der Waals surface area contributed by atoms with Crippen LogP contribution in [0.5, 0.6) is 0 Å². The number of nitrogens with zero attached hydrogens (tertiary/aromatic N) is 2. The highest BCUT2D eigenvalue weighted by atomic mass is 35.5. The van der Waals surface area contributed by atoms with Crippen molar-refractivity contribution in [3.05, 3.63) is 46.2 Å². The lowest BCUT2D eigenvalue weighted by Crippen LogP contribution is -2.16. The number of carbonyl (C=O) groups is 1. The molecule has 0 fully saturated rings. The molecule has 0 radical (unpaired) electrons. The van der Waals surface area contributed by atoms with Crippen molar-refractivity contribution in [2.45, 2.75) is 38.1 Å². The van der Waals surface area contributed by atoms with Gasteiger partial charge in [0.15, 0.2) is 10.9 Å². The topological polar surface area (TPSA) is 54.9 Å². The fourth-order valence-corrected chi connectivity index (χ4v) is 2.69. The lowest BCUT2D eigenvalue weighted by molar-refractivity contribution is 0.102. The zero-order valence-electron chi connectivity index (χ0n) is 13.0. The van der Waals surface area contributed by atoms with E-state index in [2.05, 4.69) is 15.3 Å². The van der Waals surface area contributed by atoms with E-state index in [9.17, 15) is 4.79 Å². The molecule has 2 aromatic rings. The lowest BCUT2D eigenvalue weighted by Gasteiger charge is -2.11. The zero-order valence-corrected chi connectivity index (χ0v) is 14.5. The molecule has 0 aliphatic carbocycles. The third-order valence-corrected chi connectivity index (χ3v) is 4.07. The zero-order chi connectivity index (χ0) is 16.3. The van der Waals surface area contributed by atoms with Crippen molar-refractivity contribution < 1.29 is 4.79 Å². The summed E-state index contributed by atoms with van der Waals surface area (Å²) in [5, 5.41) is 3.99. The maximum atomic E-state index is 12.4. The molecule has 0 saturated heterocycles. The fourth-order valence-electron chi connectivity index (χ4n) is 1.83. The number of amides is 1. The van der Waals surface area contributed by atoms with E-state index in [1.54, 1.807) is 0 Å². The van der Waals surface area contributed by atoms with Gasteiger partial charge in [-0.2, -0.15) is 0 Å². The number of anilines is 1. The number of thioether (sulfide) groups is 1. The molecule has 22 heavy (non-hydrogen) atoms. The predicted octanol–water partition coefficient (Wildman–Crippen LogP) is 4.50. The Morgan fingerprint density at radius 1 is 1.32 bits per heavy atom. The van der Waals surface area contributed by atoms with E-state index >= 15 is 0 Å². The number of nitrogens with one attached hydrogen (secondary N) is 1. The Balaban J connectivity index is 2.27. The van der Waals surface area contributed by atoms with E-state index in [4.69, 9.17) is 11.6 Å². The average molecular weight is 336 g/mol. The molecular formula is C16H18ClN3OS. The number of hydrogen-bond acceptors (Lipinski definition) is 4. The summed E-state index contributed by atoms with van der Waals surface area (Å²) in [6, 6.07) is 5.89. The van der Waals surface area contributed by atoms with Crippen molar-refractivity contribution in [1.29, 1.82) is 0 Å². The highest BCUT2D eigenvalue weighted by Gasteiger charge is 2.16. The molecule has 0 spiro atoms. The van der Waals surface area contributed by atoms with Crippen LogP contribution in [-0.4, -0.2) is 21.1 Å². The van der Waals surface area contributed by atoms with Gasteiger partial charge in [0.25, 0.3) is 5.91 Å².